The summed E-state index contributed by atoms with van der Waals surface area (Å²) in [5.74, 6) is 0.864. The van der Waals surface area contributed by atoms with Crippen LogP contribution >= 0.6 is 11.8 Å². The van der Waals surface area contributed by atoms with Crippen molar-refractivity contribution < 1.29 is 4.39 Å². The van der Waals surface area contributed by atoms with Gasteiger partial charge >= 0.3 is 0 Å². The molecule has 18 heavy (non-hydrogen) atoms. The summed E-state index contributed by atoms with van der Waals surface area (Å²) in [4.78, 5) is 0. The molecule has 0 bridgehead atoms. The van der Waals surface area contributed by atoms with Gasteiger partial charge in [-0.3, -0.25) is 0 Å². The first-order valence-corrected chi connectivity index (χ1v) is 7.89. The zero-order chi connectivity index (χ0) is 12.8. The number of hydrogen-bond donors (Lipinski definition) is 1. The number of hydrogen-bond acceptors (Lipinski definition) is 2. The van der Waals surface area contributed by atoms with E-state index in [9.17, 15) is 4.39 Å². The topological polar surface area (TPSA) is 12.0 Å². The first-order chi connectivity index (χ1) is 8.81. The molecule has 2 rings (SSSR count). The predicted molar refractivity (Wildman–Crippen MR) is 77.5 cm³/mol. The largest absolute Gasteiger partial charge is 0.312 e. The molecule has 0 spiro atoms. The van der Waals surface area contributed by atoms with Gasteiger partial charge < -0.3 is 5.32 Å². The zero-order valence-electron chi connectivity index (χ0n) is 11.0. The van der Waals surface area contributed by atoms with E-state index in [-0.39, 0.29) is 11.9 Å². The molecule has 1 unspecified atom stereocenters. The molecule has 1 saturated carbocycles. The van der Waals surface area contributed by atoms with Crippen LogP contribution < -0.4 is 5.32 Å². The average molecular weight is 267 g/mol. The van der Waals surface area contributed by atoms with Crippen LogP contribution in [0.1, 0.15) is 43.7 Å². The summed E-state index contributed by atoms with van der Waals surface area (Å²) in [6, 6.07) is 7.22. The van der Waals surface area contributed by atoms with Crippen molar-refractivity contribution >= 4 is 11.8 Å². The molecule has 0 heterocycles. The minimum Gasteiger partial charge on any atom is -0.312 e. The third kappa shape index (κ3) is 3.72. The molecule has 1 fully saturated rings. The van der Waals surface area contributed by atoms with Gasteiger partial charge in [-0.15, -0.1) is 0 Å². The fraction of sp³-hybridized carbons (Fsp3) is 0.600. The van der Waals surface area contributed by atoms with E-state index in [0.717, 1.165) is 16.6 Å². The van der Waals surface area contributed by atoms with Gasteiger partial charge in [0.1, 0.15) is 5.82 Å². The first kappa shape index (κ1) is 13.9. The molecular weight excluding hydrogens is 245 g/mol. The van der Waals surface area contributed by atoms with Crippen molar-refractivity contribution in [2.45, 2.75) is 43.4 Å². The van der Waals surface area contributed by atoms with Gasteiger partial charge in [-0.25, -0.2) is 4.39 Å². The van der Waals surface area contributed by atoms with Gasteiger partial charge in [0.2, 0.25) is 0 Å². The maximum absolute atomic E-state index is 13.7. The van der Waals surface area contributed by atoms with E-state index in [1.165, 1.54) is 32.1 Å². The van der Waals surface area contributed by atoms with Crippen molar-refractivity contribution in [2.75, 3.05) is 12.8 Å². The minimum atomic E-state index is -0.0962. The van der Waals surface area contributed by atoms with E-state index in [4.69, 9.17) is 0 Å². The first-order valence-electron chi connectivity index (χ1n) is 6.84. The highest BCUT2D eigenvalue weighted by molar-refractivity contribution is 7.99. The number of thioether (sulfide) groups is 1. The summed E-state index contributed by atoms with van der Waals surface area (Å²) in [6.07, 6.45) is 6.78. The molecule has 1 aliphatic carbocycles. The lowest BCUT2D eigenvalue weighted by Crippen LogP contribution is -2.22. The number of nitrogens with one attached hydrogen (secondary N) is 1. The smallest absolute Gasteiger partial charge is 0.128 e. The quantitative estimate of drug-likeness (QED) is 0.860. The predicted octanol–water partition coefficient (Wildman–Crippen LogP) is 4.15. The summed E-state index contributed by atoms with van der Waals surface area (Å²) in [5, 5.41) is 4.02. The molecular formula is C15H22FNS. The second-order valence-electron chi connectivity index (χ2n) is 4.96. The molecule has 1 atom stereocenters. The molecule has 0 amide bonds. The molecule has 1 aliphatic rings. The molecule has 1 N–H and O–H groups in total. The maximum atomic E-state index is 13.7. The van der Waals surface area contributed by atoms with E-state index in [1.807, 2.05) is 30.9 Å². The van der Waals surface area contributed by atoms with E-state index in [0.29, 0.717) is 0 Å². The summed E-state index contributed by atoms with van der Waals surface area (Å²) >= 11 is 2.00. The van der Waals surface area contributed by atoms with Crippen LogP contribution in [-0.4, -0.2) is 18.1 Å². The normalized spacial score (nSPS) is 18.8. The van der Waals surface area contributed by atoms with E-state index < -0.39 is 0 Å². The molecule has 1 aromatic carbocycles. The van der Waals surface area contributed by atoms with Crippen LogP contribution in [0.15, 0.2) is 24.3 Å². The second kappa shape index (κ2) is 7.15. The van der Waals surface area contributed by atoms with E-state index in [1.54, 1.807) is 12.1 Å². The Labute approximate surface area is 114 Å². The van der Waals surface area contributed by atoms with Gasteiger partial charge in [0.25, 0.3) is 0 Å². The summed E-state index contributed by atoms with van der Waals surface area (Å²) in [6.45, 7) is 0. The summed E-state index contributed by atoms with van der Waals surface area (Å²) in [5.41, 5.74) is 0.795. The Hall–Kier alpha value is -0.540. The fourth-order valence-corrected chi connectivity index (χ4v) is 4.03. The Morgan fingerprint density at radius 3 is 2.67 bits per heavy atom. The van der Waals surface area contributed by atoms with Crippen molar-refractivity contribution in [2.24, 2.45) is 0 Å². The minimum absolute atomic E-state index is 0.0962. The Morgan fingerprint density at radius 1 is 1.28 bits per heavy atom. The monoisotopic (exact) mass is 267 g/mol. The van der Waals surface area contributed by atoms with Gasteiger partial charge in [-0.2, -0.15) is 11.8 Å². The standard InChI is InChI=1S/C15H22FNS/c1-17-15(13-9-5-6-10-14(13)16)11-18-12-7-3-2-4-8-12/h5-6,9-10,12,15,17H,2-4,7-8,11H2,1H3. The number of benzene rings is 1. The summed E-state index contributed by atoms with van der Waals surface area (Å²) < 4.78 is 13.7. The molecule has 1 nitrogen and oxygen atoms in total. The van der Waals surface area contributed by atoms with Crippen molar-refractivity contribution in [1.82, 2.24) is 5.32 Å². The lowest BCUT2D eigenvalue weighted by molar-refractivity contribution is 0.514. The van der Waals surface area contributed by atoms with Crippen molar-refractivity contribution in [3.8, 4) is 0 Å². The van der Waals surface area contributed by atoms with E-state index in [2.05, 4.69) is 5.32 Å². The Bertz CT molecular complexity index is 363. The molecule has 0 aromatic heterocycles. The highest BCUT2D eigenvalue weighted by atomic mass is 32.2. The number of halogens is 1. The molecule has 3 heteroatoms. The molecule has 1 aromatic rings. The number of rotatable bonds is 5. The van der Waals surface area contributed by atoms with Crippen LogP contribution in [-0.2, 0) is 0 Å². The van der Waals surface area contributed by atoms with Crippen LogP contribution in [0, 0.1) is 5.82 Å². The van der Waals surface area contributed by atoms with Crippen molar-refractivity contribution in [3.05, 3.63) is 35.6 Å². The SMILES string of the molecule is CNC(CSC1CCCCC1)c1ccccc1F. The van der Waals surface area contributed by atoms with Crippen LogP contribution in [0.2, 0.25) is 0 Å². The molecule has 0 saturated heterocycles. The van der Waals surface area contributed by atoms with Crippen LogP contribution in [0.5, 0.6) is 0 Å². The third-order valence-electron chi connectivity index (χ3n) is 3.68. The average Bonchev–Trinajstić information content (AvgIpc) is 2.42. The Balaban J connectivity index is 1.91. The molecule has 100 valence electrons. The van der Waals surface area contributed by atoms with Gasteiger partial charge in [0.15, 0.2) is 0 Å². The van der Waals surface area contributed by atoms with Gasteiger partial charge in [0, 0.05) is 22.6 Å². The van der Waals surface area contributed by atoms with Crippen molar-refractivity contribution in [1.29, 1.82) is 0 Å². The van der Waals surface area contributed by atoms with Gasteiger partial charge in [-0.1, -0.05) is 37.5 Å². The highest BCUT2D eigenvalue weighted by Gasteiger charge is 2.18. The lowest BCUT2D eigenvalue weighted by atomic mass is 10.0. The maximum Gasteiger partial charge on any atom is 0.128 e. The Kier molecular flexibility index (Phi) is 5.51. The highest BCUT2D eigenvalue weighted by Crippen LogP contribution is 2.31. The zero-order valence-corrected chi connectivity index (χ0v) is 11.8. The molecule has 0 radical (unpaired) electrons. The van der Waals surface area contributed by atoms with E-state index >= 15 is 0 Å². The van der Waals surface area contributed by atoms with Crippen LogP contribution in [0.3, 0.4) is 0 Å². The third-order valence-corrected chi connectivity index (χ3v) is 5.15. The van der Waals surface area contributed by atoms with Crippen LogP contribution in [0.4, 0.5) is 4.39 Å². The van der Waals surface area contributed by atoms with Gasteiger partial charge in [-0.05, 0) is 26.0 Å². The van der Waals surface area contributed by atoms with Crippen LogP contribution in [0.25, 0.3) is 0 Å². The second-order valence-corrected chi connectivity index (χ2v) is 6.29. The fourth-order valence-electron chi connectivity index (χ4n) is 2.55. The summed E-state index contributed by atoms with van der Waals surface area (Å²) in [7, 11) is 1.92. The van der Waals surface area contributed by atoms with Gasteiger partial charge in [0.05, 0.1) is 0 Å². The molecule has 0 aliphatic heterocycles. The lowest BCUT2D eigenvalue weighted by Gasteiger charge is -2.24. The van der Waals surface area contributed by atoms with Crippen molar-refractivity contribution in [3.63, 3.8) is 0 Å². The Morgan fingerprint density at radius 2 is 2.00 bits per heavy atom.